The number of hydrogen-bond donors (Lipinski definition) is 3. The summed E-state index contributed by atoms with van der Waals surface area (Å²) in [4.78, 5) is 27.8. The van der Waals surface area contributed by atoms with Crippen molar-refractivity contribution >= 4 is 28.9 Å². The Kier molecular flexibility index (Phi) is 5.79. The van der Waals surface area contributed by atoms with Crippen LogP contribution in [0.4, 0.5) is 17.1 Å². The van der Waals surface area contributed by atoms with E-state index < -0.39 is 0 Å². The van der Waals surface area contributed by atoms with E-state index in [1.54, 1.807) is 36.5 Å². The van der Waals surface area contributed by atoms with Crippen LogP contribution in [-0.2, 0) is 11.3 Å². The van der Waals surface area contributed by atoms with Gasteiger partial charge in [-0.1, -0.05) is 36.4 Å². The highest BCUT2D eigenvalue weighted by molar-refractivity contribution is 6.03. The van der Waals surface area contributed by atoms with E-state index in [1.165, 1.54) is 6.92 Å². The number of rotatable bonds is 6. The molecule has 3 rings (SSSR count). The quantitative estimate of drug-likeness (QED) is 0.622. The first kappa shape index (κ1) is 18.1. The van der Waals surface area contributed by atoms with Crippen molar-refractivity contribution in [2.45, 2.75) is 13.5 Å². The highest BCUT2D eigenvalue weighted by Crippen LogP contribution is 2.17. The summed E-state index contributed by atoms with van der Waals surface area (Å²) in [5.74, 6) is -0.490. The zero-order valence-electron chi connectivity index (χ0n) is 14.9. The summed E-state index contributed by atoms with van der Waals surface area (Å²) in [6.07, 6.45) is 1.59. The van der Waals surface area contributed by atoms with E-state index in [1.807, 2.05) is 36.4 Å². The topological polar surface area (TPSA) is 83.1 Å². The average Bonchev–Trinajstić information content (AvgIpc) is 2.67. The van der Waals surface area contributed by atoms with Crippen molar-refractivity contribution in [2.24, 2.45) is 0 Å². The third-order valence-electron chi connectivity index (χ3n) is 3.77. The molecule has 0 aliphatic carbocycles. The minimum atomic E-state index is -0.321. The Morgan fingerprint density at radius 1 is 0.852 bits per heavy atom. The molecule has 0 unspecified atom stereocenters. The summed E-state index contributed by atoms with van der Waals surface area (Å²) >= 11 is 0. The van der Waals surface area contributed by atoms with Crippen LogP contribution in [0, 0.1) is 0 Å². The molecule has 3 N–H and O–H groups in total. The van der Waals surface area contributed by atoms with Gasteiger partial charge >= 0.3 is 0 Å². The van der Waals surface area contributed by atoms with Crippen molar-refractivity contribution in [1.82, 2.24) is 4.98 Å². The molecule has 0 aliphatic rings. The largest absolute Gasteiger partial charge is 0.381 e. The van der Waals surface area contributed by atoms with E-state index in [9.17, 15) is 9.59 Å². The Hall–Kier alpha value is -3.67. The Labute approximate surface area is 157 Å². The molecule has 0 bridgehead atoms. The predicted molar refractivity (Wildman–Crippen MR) is 107 cm³/mol. The van der Waals surface area contributed by atoms with Crippen LogP contribution in [0.25, 0.3) is 0 Å². The van der Waals surface area contributed by atoms with Crippen LogP contribution in [0.15, 0.2) is 72.9 Å². The first-order valence-corrected chi connectivity index (χ1v) is 8.53. The molecule has 2 aromatic carbocycles. The van der Waals surface area contributed by atoms with Gasteiger partial charge in [0.15, 0.2) is 0 Å². The molecule has 0 aliphatic heterocycles. The maximum absolute atomic E-state index is 12.5. The lowest BCUT2D eigenvalue weighted by Crippen LogP contribution is -2.14. The van der Waals surface area contributed by atoms with Gasteiger partial charge in [-0.25, -0.2) is 0 Å². The molecule has 0 atom stereocenters. The SMILES string of the molecule is CC(=O)Nc1cccc(NC(=O)c2cc(NCc3ccccc3)ccn2)c1. The summed E-state index contributed by atoms with van der Waals surface area (Å²) in [5.41, 5.74) is 3.46. The molecule has 3 aromatic rings. The second-order valence-corrected chi connectivity index (χ2v) is 5.99. The van der Waals surface area contributed by atoms with Crippen LogP contribution < -0.4 is 16.0 Å². The highest BCUT2D eigenvalue weighted by atomic mass is 16.2. The molecule has 1 aromatic heterocycles. The Bertz CT molecular complexity index is 942. The molecule has 0 radical (unpaired) electrons. The van der Waals surface area contributed by atoms with Gasteiger partial charge in [-0.15, -0.1) is 0 Å². The summed E-state index contributed by atoms with van der Waals surface area (Å²) in [6.45, 7) is 2.09. The third-order valence-corrected chi connectivity index (χ3v) is 3.77. The average molecular weight is 360 g/mol. The molecule has 136 valence electrons. The monoisotopic (exact) mass is 360 g/mol. The number of nitrogens with zero attached hydrogens (tertiary/aromatic N) is 1. The number of pyridine rings is 1. The molecule has 27 heavy (non-hydrogen) atoms. The van der Waals surface area contributed by atoms with Crippen molar-refractivity contribution in [3.05, 3.63) is 84.2 Å². The van der Waals surface area contributed by atoms with E-state index in [-0.39, 0.29) is 11.8 Å². The second kappa shape index (κ2) is 8.62. The van der Waals surface area contributed by atoms with E-state index in [0.717, 1.165) is 11.3 Å². The van der Waals surface area contributed by atoms with Gasteiger partial charge in [0.05, 0.1) is 0 Å². The van der Waals surface area contributed by atoms with Gasteiger partial charge in [-0.3, -0.25) is 14.6 Å². The minimum Gasteiger partial charge on any atom is -0.381 e. The molecule has 0 fully saturated rings. The summed E-state index contributed by atoms with van der Waals surface area (Å²) in [7, 11) is 0. The Morgan fingerprint density at radius 2 is 1.59 bits per heavy atom. The zero-order valence-corrected chi connectivity index (χ0v) is 14.9. The molecule has 6 heteroatoms. The normalized spacial score (nSPS) is 10.1. The molecule has 2 amide bonds. The first-order valence-electron chi connectivity index (χ1n) is 8.53. The van der Waals surface area contributed by atoms with Crippen LogP contribution in [0.5, 0.6) is 0 Å². The molecular weight excluding hydrogens is 340 g/mol. The van der Waals surface area contributed by atoms with Gasteiger partial charge in [-0.05, 0) is 35.9 Å². The molecular formula is C21H20N4O2. The van der Waals surface area contributed by atoms with Gasteiger partial charge in [0, 0.05) is 36.7 Å². The fraction of sp³-hybridized carbons (Fsp3) is 0.0952. The van der Waals surface area contributed by atoms with Crippen LogP contribution in [-0.4, -0.2) is 16.8 Å². The number of aromatic nitrogens is 1. The number of benzene rings is 2. The van der Waals surface area contributed by atoms with Crippen LogP contribution in [0.1, 0.15) is 23.0 Å². The van der Waals surface area contributed by atoms with E-state index in [0.29, 0.717) is 23.6 Å². The second-order valence-electron chi connectivity index (χ2n) is 5.99. The maximum atomic E-state index is 12.5. The number of nitrogens with one attached hydrogen (secondary N) is 3. The van der Waals surface area contributed by atoms with Gasteiger partial charge in [0.2, 0.25) is 5.91 Å². The Balaban J connectivity index is 1.65. The number of anilines is 3. The molecule has 0 saturated heterocycles. The highest BCUT2D eigenvalue weighted by Gasteiger charge is 2.09. The van der Waals surface area contributed by atoms with Crippen LogP contribution >= 0.6 is 0 Å². The maximum Gasteiger partial charge on any atom is 0.274 e. The number of hydrogen-bond acceptors (Lipinski definition) is 4. The number of amides is 2. The lowest BCUT2D eigenvalue weighted by molar-refractivity contribution is -0.114. The minimum absolute atomic E-state index is 0.169. The Morgan fingerprint density at radius 3 is 2.33 bits per heavy atom. The van der Waals surface area contributed by atoms with Crippen molar-refractivity contribution in [2.75, 3.05) is 16.0 Å². The van der Waals surface area contributed by atoms with Crippen molar-refractivity contribution < 1.29 is 9.59 Å². The number of carbonyl (C=O) groups excluding carboxylic acids is 2. The zero-order chi connectivity index (χ0) is 19.1. The predicted octanol–water partition coefficient (Wildman–Crippen LogP) is 3.90. The summed E-state index contributed by atoms with van der Waals surface area (Å²) in [5, 5.41) is 8.76. The fourth-order valence-electron chi connectivity index (χ4n) is 2.54. The van der Waals surface area contributed by atoms with Gasteiger partial charge in [0.25, 0.3) is 5.91 Å². The standard InChI is InChI=1S/C21H20N4O2/c1-15(26)24-18-8-5-9-19(12-18)25-21(27)20-13-17(10-11-22-20)23-14-16-6-3-2-4-7-16/h2-13H,14H2,1H3,(H,22,23)(H,24,26)(H,25,27). The van der Waals surface area contributed by atoms with Crippen LogP contribution in [0.2, 0.25) is 0 Å². The molecule has 6 nitrogen and oxygen atoms in total. The molecule has 0 spiro atoms. The van der Waals surface area contributed by atoms with E-state index >= 15 is 0 Å². The smallest absolute Gasteiger partial charge is 0.274 e. The molecule has 1 heterocycles. The van der Waals surface area contributed by atoms with Gasteiger partial charge in [0.1, 0.15) is 5.69 Å². The number of carbonyl (C=O) groups is 2. The van der Waals surface area contributed by atoms with Gasteiger partial charge < -0.3 is 16.0 Å². The molecule has 0 saturated carbocycles. The first-order chi connectivity index (χ1) is 13.1. The lowest BCUT2D eigenvalue weighted by Gasteiger charge is -2.10. The lowest BCUT2D eigenvalue weighted by atomic mass is 10.2. The van der Waals surface area contributed by atoms with Crippen molar-refractivity contribution in [3.63, 3.8) is 0 Å². The van der Waals surface area contributed by atoms with Crippen molar-refractivity contribution in [1.29, 1.82) is 0 Å². The van der Waals surface area contributed by atoms with E-state index in [2.05, 4.69) is 20.9 Å². The van der Waals surface area contributed by atoms with Crippen molar-refractivity contribution in [3.8, 4) is 0 Å². The van der Waals surface area contributed by atoms with Gasteiger partial charge in [-0.2, -0.15) is 0 Å². The fourth-order valence-corrected chi connectivity index (χ4v) is 2.54. The van der Waals surface area contributed by atoms with E-state index in [4.69, 9.17) is 0 Å². The summed E-state index contributed by atoms with van der Waals surface area (Å²) in [6, 6.07) is 20.5. The third kappa shape index (κ3) is 5.40. The summed E-state index contributed by atoms with van der Waals surface area (Å²) < 4.78 is 0. The van der Waals surface area contributed by atoms with Crippen LogP contribution in [0.3, 0.4) is 0 Å².